The Morgan fingerprint density at radius 3 is 2.24 bits per heavy atom. The number of aromatic nitrogens is 2. The molecule has 25 heavy (non-hydrogen) atoms. The largest absolute Gasteiger partial charge is 0.497 e. The van der Waals surface area contributed by atoms with Crippen molar-refractivity contribution in [1.82, 2.24) is 10.2 Å². The van der Waals surface area contributed by atoms with Gasteiger partial charge in [-0.05, 0) is 29.3 Å². The minimum absolute atomic E-state index is 0.0796. The number of nitrogens with zero attached hydrogens (tertiary/aromatic N) is 2. The smallest absolute Gasteiger partial charge is 0.268 e. The summed E-state index contributed by atoms with van der Waals surface area (Å²) in [5, 5.41) is 7.86. The quantitative estimate of drug-likeness (QED) is 0.433. The molecule has 0 aliphatic heterocycles. The Morgan fingerprint density at radius 2 is 1.68 bits per heavy atom. The molecule has 0 unspecified atom stereocenters. The molecule has 0 radical (unpaired) electrons. The van der Waals surface area contributed by atoms with Gasteiger partial charge in [0.25, 0.3) is 9.68 Å². The van der Waals surface area contributed by atoms with E-state index in [9.17, 15) is 0 Å². The second kappa shape index (κ2) is 7.48. The molecule has 0 fully saturated rings. The first-order chi connectivity index (χ1) is 12.0. The van der Waals surface area contributed by atoms with E-state index in [1.807, 2.05) is 60.7 Å². The van der Waals surface area contributed by atoms with Crippen molar-refractivity contribution in [3.05, 3.63) is 77.5 Å². The van der Waals surface area contributed by atoms with Crippen molar-refractivity contribution in [2.75, 3.05) is 7.11 Å². The van der Waals surface area contributed by atoms with Gasteiger partial charge in [0.15, 0.2) is 0 Å². The summed E-state index contributed by atoms with van der Waals surface area (Å²) >= 11 is 17.5. The average Bonchev–Trinajstić information content (AvgIpc) is 3.11. The number of hydrogen-bond acceptors (Lipinski definition) is 4. The number of alkyl halides is 3. The van der Waals surface area contributed by atoms with Crippen molar-refractivity contribution in [2.45, 2.75) is 3.79 Å². The van der Waals surface area contributed by atoms with E-state index in [4.69, 9.17) is 44.0 Å². The van der Waals surface area contributed by atoms with Crippen molar-refractivity contribution in [3.63, 3.8) is 0 Å². The zero-order chi connectivity index (χ0) is 17.9. The number of rotatable bonds is 4. The van der Waals surface area contributed by atoms with Gasteiger partial charge in [-0.25, -0.2) is 0 Å². The number of benzene rings is 2. The van der Waals surface area contributed by atoms with Crippen LogP contribution in [0.25, 0.3) is 11.6 Å². The highest BCUT2D eigenvalue weighted by atomic mass is 35.6. The molecule has 0 spiro atoms. The van der Waals surface area contributed by atoms with Crippen LogP contribution in [0.15, 0.2) is 59.0 Å². The zero-order valence-corrected chi connectivity index (χ0v) is 15.4. The van der Waals surface area contributed by atoms with Gasteiger partial charge in [0.05, 0.1) is 7.11 Å². The zero-order valence-electron chi connectivity index (χ0n) is 13.1. The van der Waals surface area contributed by atoms with Crippen LogP contribution < -0.4 is 4.74 Å². The van der Waals surface area contributed by atoms with Crippen LogP contribution in [0.3, 0.4) is 0 Å². The van der Waals surface area contributed by atoms with E-state index in [2.05, 4.69) is 10.2 Å². The van der Waals surface area contributed by atoms with Crippen LogP contribution in [-0.4, -0.2) is 17.3 Å². The van der Waals surface area contributed by atoms with Crippen LogP contribution in [0.4, 0.5) is 0 Å². The third kappa shape index (κ3) is 4.34. The maximum atomic E-state index is 5.82. The predicted octanol–water partition coefficient (Wildman–Crippen LogP) is 5.49. The summed E-state index contributed by atoms with van der Waals surface area (Å²) in [5.74, 6) is 0.960. The number of ether oxygens (including phenoxy) is 1. The first-order valence-corrected chi connectivity index (χ1v) is 8.43. The van der Waals surface area contributed by atoms with Gasteiger partial charge < -0.3 is 9.15 Å². The Hall–Kier alpha value is -2.01. The summed E-state index contributed by atoms with van der Waals surface area (Å²) in [6.07, 6.45) is 1.92. The van der Waals surface area contributed by atoms with Crippen molar-refractivity contribution in [1.29, 1.82) is 0 Å². The lowest BCUT2D eigenvalue weighted by atomic mass is 10.0. The Bertz CT molecular complexity index is 869. The van der Waals surface area contributed by atoms with Gasteiger partial charge in [0.2, 0.25) is 5.89 Å². The number of halogens is 3. The molecule has 1 heterocycles. The Balaban J connectivity index is 2.06. The van der Waals surface area contributed by atoms with Gasteiger partial charge in [-0.2, -0.15) is 0 Å². The first kappa shape index (κ1) is 17.8. The Labute approximate surface area is 160 Å². The van der Waals surface area contributed by atoms with Crippen LogP contribution in [-0.2, 0) is 3.79 Å². The predicted molar refractivity (Wildman–Crippen MR) is 99.9 cm³/mol. The fourth-order valence-corrected chi connectivity index (χ4v) is 2.43. The van der Waals surface area contributed by atoms with Gasteiger partial charge in [-0.3, -0.25) is 0 Å². The number of hydrogen-bond donors (Lipinski definition) is 0. The molecule has 0 N–H and O–H groups in total. The van der Waals surface area contributed by atoms with Gasteiger partial charge >= 0.3 is 0 Å². The SMILES string of the molecule is COc1ccc(/C=C(/c2ccccc2)c2nnc(C(Cl)(Cl)Cl)o2)cc1. The molecular formula is C18H13Cl3N2O2. The standard InChI is InChI=1S/C18H13Cl3N2O2/c1-24-14-9-7-12(8-10-14)11-15(13-5-3-2-4-6-13)16-22-23-17(25-16)18(19,20)21/h2-11H,1H3/b15-11-. The normalized spacial score (nSPS) is 12.2. The molecule has 0 atom stereocenters. The van der Waals surface area contributed by atoms with Crippen molar-refractivity contribution >= 4 is 46.5 Å². The molecule has 0 saturated heterocycles. The highest BCUT2D eigenvalue weighted by Crippen LogP contribution is 2.38. The highest BCUT2D eigenvalue weighted by molar-refractivity contribution is 6.66. The van der Waals surface area contributed by atoms with Crippen LogP contribution >= 0.6 is 34.8 Å². The second-order valence-electron chi connectivity index (χ2n) is 5.11. The fraction of sp³-hybridized carbons (Fsp3) is 0.111. The monoisotopic (exact) mass is 394 g/mol. The highest BCUT2D eigenvalue weighted by Gasteiger charge is 2.31. The lowest BCUT2D eigenvalue weighted by molar-refractivity contribution is 0.415. The maximum absolute atomic E-state index is 5.82. The van der Waals surface area contributed by atoms with Crippen LogP contribution in [0.5, 0.6) is 5.75 Å². The Morgan fingerprint density at radius 1 is 1.00 bits per heavy atom. The molecule has 0 aliphatic rings. The molecule has 128 valence electrons. The molecule has 1 aromatic heterocycles. The molecule has 0 amide bonds. The lowest BCUT2D eigenvalue weighted by Crippen LogP contribution is -1.99. The molecule has 3 aromatic rings. The lowest BCUT2D eigenvalue weighted by Gasteiger charge is -2.06. The Kier molecular flexibility index (Phi) is 5.33. The average molecular weight is 396 g/mol. The minimum atomic E-state index is -1.77. The van der Waals surface area contributed by atoms with Crippen LogP contribution in [0.2, 0.25) is 0 Å². The van der Waals surface area contributed by atoms with Crippen LogP contribution in [0.1, 0.15) is 22.9 Å². The molecule has 7 heteroatoms. The summed E-state index contributed by atoms with van der Waals surface area (Å²) in [6.45, 7) is 0. The van der Waals surface area contributed by atoms with E-state index < -0.39 is 3.79 Å². The third-order valence-corrected chi connectivity index (χ3v) is 3.89. The fourth-order valence-electron chi connectivity index (χ4n) is 2.20. The van der Waals surface area contributed by atoms with Crippen molar-refractivity contribution in [3.8, 4) is 5.75 Å². The van der Waals surface area contributed by atoms with E-state index >= 15 is 0 Å². The van der Waals surface area contributed by atoms with E-state index in [-0.39, 0.29) is 11.8 Å². The molecule has 3 rings (SSSR count). The van der Waals surface area contributed by atoms with Crippen molar-refractivity contribution in [2.24, 2.45) is 0 Å². The van der Waals surface area contributed by atoms with E-state index in [0.29, 0.717) is 0 Å². The molecular weight excluding hydrogens is 383 g/mol. The van der Waals surface area contributed by atoms with E-state index in [0.717, 1.165) is 22.4 Å². The van der Waals surface area contributed by atoms with Gasteiger partial charge in [0.1, 0.15) is 5.75 Å². The summed E-state index contributed by atoms with van der Waals surface area (Å²) in [5.41, 5.74) is 2.56. The summed E-state index contributed by atoms with van der Waals surface area (Å²) in [6, 6.07) is 17.2. The van der Waals surface area contributed by atoms with Crippen LogP contribution in [0, 0.1) is 0 Å². The van der Waals surface area contributed by atoms with Gasteiger partial charge in [-0.15, -0.1) is 10.2 Å². The molecule has 4 nitrogen and oxygen atoms in total. The number of methoxy groups -OCH3 is 1. The molecule has 0 aliphatic carbocycles. The second-order valence-corrected chi connectivity index (χ2v) is 7.39. The summed E-state index contributed by atoms with van der Waals surface area (Å²) < 4.78 is 8.98. The molecule has 0 saturated carbocycles. The third-order valence-electron chi connectivity index (χ3n) is 3.41. The molecule has 2 aromatic carbocycles. The van der Waals surface area contributed by atoms with Gasteiger partial charge in [0, 0.05) is 5.57 Å². The van der Waals surface area contributed by atoms with E-state index in [1.165, 1.54) is 0 Å². The van der Waals surface area contributed by atoms with Crippen molar-refractivity contribution < 1.29 is 9.15 Å². The summed E-state index contributed by atoms with van der Waals surface area (Å²) in [7, 11) is 1.62. The van der Waals surface area contributed by atoms with E-state index in [1.54, 1.807) is 7.11 Å². The summed E-state index contributed by atoms with van der Waals surface area (Å²) in [4.78, 5) is 0. The first-order valence-electron chi connectivity index (χ1n) is 7.29. The topological polar surface area (TPSA) is 48.2 Å². The maximum Gasteiger partial charge on any atom is 0.268 e. The van der Waals surface area contributed by atoms with Gasteiger partial charge in [-0.1, -0.05) is 77.3 Å². The minimum Gasteiger partial charge on any atom is -0.497 e. The molecule has 0 bridgehead atoms.